The van der Waals surface area contributed by atoms with Crippen LogP contribution >= 0.6 is 0 Å². The molecule has 2 rings (SSSR count). The van der Waals surface area contributed by atoms with E-state index < -0.39 is 59.9 Å². The zero-order valence-corrected chi connectivity index (χ0v) is 17.1. The van der Waals surface area contributed by atoms with Crippen LogP contribution in [0.15, 0.2) is 0 Å². The zero-order valence-electron chi connectivity index (χ0n) is 15.5. The summed E-state index contributed by atoms with van der Waals surface area (Å²) in [4.78, 5) is -2.72. The maximum absolute atomic E-state index is 12.5. The van der Waals surface area contributed by atoms with E-state index in [1.54, 1.807) is 0 Å². The molecule has 1 unspecified atom stereocenters. The lowest BCUT2D eigenvalue weighted by Gasteiger charge is -2.38. The minimum Gasteiger partial charge on any atom is -0.375 e. The Kier molecular flexibility index (Phi) is 5.35. The van der Waals surface area contributed by atoms with Crippen molar-refractivity contribution in [1.29, 1.82) is 0 Å². The maximum atomic E-state index is 12.5. The van der Waals surface area contributed by atoms with E-state index in [9.17, 15) is 27.0 Å². The van der Waals surface area contributed by atoms with Crippen LogP contribution in [0.4, 0.5) is 0 Å². The normalized spacial score (nSPS) is 35.2. The van der Waals surface area contributed by atoms with Crippen molar-refractivity contribution in [3.8, 4) is 0 Å². The van der Waals surface area contributed by atoms with Gasteiger partial charge in [-0.3, -0.25) is 0 Å². The third-order valence-electron chi connectivity index (χ3n) is 4.32. The molecule has 0 bridgehead atoms. The molecular formula is C14H26O10S2. The molecular weight excluding hydrogens is 392 g/mol. The van der Waals surface area contributed by atoms with Crippen LogP contribution in [0.2, 0.25) is 0 Å². The molecule has 2 aliphatic heterocycles. The summed E-state index contributed by atoms with van der Waals surface area (Å²) in [5.74, 6) is -2.61. The molecule has 0 amide bonds. The van der Waals surface area contributed by atoms with E-state index in [0.717, 1.165) is 12.5 Å². The highest BCUT2D eigenvalue weighted by Crippen LogP contribution is 2.43. The Hall–Kier alpha value is -0.340. The average molecular weight is 418 g/mol. The quantitative estimate of drug-likeness (QED) is 0.555. The van der Waals surface area contributed by atoms with Gasteiger partial charge in [0.25, 0.3) is 0 Å². The largest absolute Gasteiger partial charge is 0.375 e. The number of sulfone groups is 2. The van der Waals surface area contributed by atoms with Crippen LogP contribution < -0.4 is 0 Å². The van der Waals surface area contributed by atoms with Crippen molar-refractivity contribution in [3.05, 3.63) is 0 Å². The summed E-state index contributed by atoms with van der Waals surface area (Å²) in [6, 6.07) is 0. The standard InChI is InChI=1S/C14H26O10S2/c1-12(2)21-7-8(22-12)14(16,26(6,19)20)10-9(11(15)25(5,17)18)23-13(3,4)24-10/h8-11,15-16H,7H2,1-6H3/t8-,9-,10+,11?,14-/m0/s1. The SMILES string of the molecule is CC1(C)OC[C@@H]([C@@](O)([C@@H]2OC(C)(C)O[C@@H]2C(O)S(C)(=O)=O)S(C)(=O)=O)O1. The molecule has 0 radical (unpaired) electrons. The maximum Gasteiger partial charge on any atom is 0.223 e. The summed E-state index contributed by atoms with van der Waals surface area (Å²) < 4.78 is 70.5. The fourth-order valence-corrected chi connectivity index (χ4v) is 4.97. The van der Waals surface area contributed by atoms with Crippen molar-refractivity contribution < 1.29 is 46.0 Å². The van der Waals surface area contributed by atoms with Gasteiger partial charge in [-0.05, 0) is 27.7 Å². The smallest absolute Gasteiger partial charge is 0.223 e. The van der Waals surface area contributed by atoms with E-state index in [1.807, 2.05) is 0 Å². The molecule has 26 heavy (non-hydrogen) atoms. The van der Waals surface area contributed by atoms with E-state index in [4.69, 9.17) is 18.9 Å². The van der Waals surface area contributed by atoms with E-state index in [1.165, 1.54) is 27.7 Å². The highest BCUT2D eigenvalue weighted by Gasteiger charge is 2.65. The summed E-state index contributed by atoms with van der Waals surface area (Å²) in [7, 11) is -8.35. The third-order valence-corrected chi connectivity index (χ3v) is 7.15. The summed E-state index contributed by atoms with van der Waals surface area (Å²) in [5, 5.41) is 21.4. The minimum absolute atomic E-state index is 0.279. The molecule has 2 fully saturated rings. The fourth-order valence-electron chi connectivity index (χ4n) is 3.09. The van der Waals surface area contributed by atoms with Crippen molar-refractivity contribution in [1.82, 2.24) is 0 Å². The Morgan fingerprint density at radius 3 is 1.92 bits per heavy atom. The minimum atomic E-state index is -4.30. The Morgan fingerprint density at radius 1 is 1.00 bits per heavy atom. The first-order valence-electron chi connectivity index (χ1n) is 7.87. The summed E-state index contributed by atoms with van der Waals surface area (Å²) in [6.45, 7) is 5.61. The molecule has 154 valence electrons. The Morgan fingerprint density at radius 2 is 1.54 bits per heavy atom. The van der Waals surface area contributed by atoms with E-state index >= 15 is 0 Å². The molecule has 12 heteroatoms. The highest BCUT2D eigenvalue weighted by molar-refractivity contribution is 7.92. The van der Waals surface area contributed by atoms with Crippen molar-refractivity contribution in [3.63, 3.8) is 0 Å². The fraction of sp³-hybridized carbons (Fsp3) is 1.00. The lowest BCUT2D eigenvalue weighted by molar-refractivity contribution is -0.189. The number of aliphatic hydroxyl groups excluding tert-OH is 1. The summed E-state index contributed by atoms with van der Waals surface area (Å²) in [5.41, 5.74) is -2.11. The molecule has 2 heterocycles. The van der Waals surface area contributed by atoms with Gasteiger partial charge in [0.2, 0.25) is 4.93 Å². The van der Waals surface area contributed by atoms with Crippen LogP contribution in [0.5, 0.6) is 0 Å². The number of hydrogen-bond donors (Lipinski definition) is 2. The van der Waals surface area contributed by atoms with Crippen molar-refractivity contribution in [2.75, 3.05) is 19.1 Å². The van der Waals surface area contributed by atoms with Gasteiger partial charge in [0, 0.05) is 12.5 Å². The second-order valence-corrected chi connectivity index (χ2v) is 11.9. The second kappa shape index (κ2) is 6.34. The van der Waals surface area contributed by atoms with Crippen molar-refractivity contribution >= 4 is 19.7 Å². The van der Waals surface area contributed by atoms with Crippen molar-refractivity contribution in [2.45, 2.75) is 68.0 Å². The molecule has 2 aliphatic rings. The van der Waals surface area contributed by atoms with Crippen LogP contribution in [0.3, 0.4) is 0 Å². The van der Waals surface area contributed by atoms with Gasteiger partial charge in [0.15, 0.2) is 36.7 Å². The van der Waals surface area contributed by atoms with Gasteiger partial charge in [-0.15, -0.1) is 0 Å². The van der Waals surface area contributed by atoms with Gasteiger partial charge in [0.05, 0.1) is 6.61 Å². The van der Waals surface area contributed by atoms with Crippen molar-refractivity contribution in [2.24, 2.45) is 0 Å². The van der Waals surface area contributed by atoms with Gasteiger partial charge >= 0.3 is 0 Å². The number of aliphatic hydroxyl groups is 2. The monoisotopic (exact) mass is 418 g/mol. The molecule has 2 N–H and O–H groups in total. The van der Waals surface area contributed by atoms with Crippen LogP contribution in [-0.2, 0) is 38.6 Å². The lowest BCUT2D eigenvalue weighted by atomic mass is 10.0. The van der Waals surface area contributed by atoms with Crippen LogP contribution in [0.25, 0.3) is 0 Å². The Bertz CT molecular complexity index is 757. The molecule has 0 spiro atoms. The number of ether oxygens (including phenoxy) is 4. The molecule has 0 aromatic heterocycles. The second-order valence-electron chi connectivity index (χ2n) is 7.58. The average Bonchev–Trinajstić information content (AvgIpc) is 2.94. The highest BCUT2D eigenvalue weighted by atomic mass is 32.2. The predicted molar refractivity (Wildman–Crippen MR) is 89.4 cm³/mol. The lowest BCUT2D eigenvalue weighted by Crippen LogP contribution is -2.63. The molecule has 2 saturated heterocycles. The first kappa shape index (κ1) is 22.0. The van der Waals surface area contributed by atoms with Gasteiger partial charge in [0.1, 0.15) is 18.3 Å². The topological polar surface area (TPSA) is 146 Å². The van der Waals surface area contributed by atoms with Crippen LogP contribution in [-0.4, -0.2) is 86.4 Å². The Balaban J connectivity index is 2.56. The van der Waals surface area contributed by atoms with Crippen LogP contribution in [0.1, 0.15) is 27.7 Å². The molecule has 0 aliphatic carbocycles. The van der Waals surface area contributed by atoms with Gasteiger partial charge < -0.3 is 29.2 Å². The summed E-state index contributed by atoms with van der Waals surface area (Å²) >= 11 is 0. The van der Waals surface area contributed by atoms with Gasteiger partial charge in [-0.2, -0.15) is 0 Å². The molecule has 0 saturated carbocycles. The first-order valence-corrected chi connectivity index (χ1v) is 11.7. The van der Waals surface area contributed by atoms with E-state index in [0.29, 0.717) is 0 Å². The predicted octanol–water partition coefficient (Wildman–Crippen LogP) is -1.25. The molecule has 0 aromatic rings. The molecule has 10 nitrogen and oxygen atoms in total. The molecule has 0 aromatic carbocycles. The van der Waals surface area contributed by atoms with E-state index in [2.05, 4.69) is 0 Å². The number of hydrogen-bond acceptors (Lipinski definition) is 10. The summed E-state index contributed by atoms with van der Waals surface area (Å²) in [6.07, 6.45) is -3.25. The van der Waals surface area contributed by atoms with Gasteiger partial charge in [-0.25, -0.2) is 16.8 Å². The van der Waals surface area contributed by atoms with Crippen LogP contribution in [0, 0.1) is 0 Å². The zero-order chi connectivity index (χ0) is 20.3. The Labute approximate surface area is 153 Å². The van der Waals surface area contributed by atoms with E-state index in [-0.39, 0.29) is 6.61 Å². The third kappa shape index (κ3) is 3.92. The molecule has 5 atom stereocenters. The first-order chi connectivity index (χ1) is 11.4. The number of rotatable bonds is 5. The van der Waals surface area contributed by atoms with Gasteiger partial charge in [-0.1, -0.05) is 0 Å².